The number of terminal acetylenes is 1. The molecule has 4 nitrogen and oxygen atoms in total. The van der Waals surface area contributed by atoms with Crippen LogP contribution >= 0.6 is 24.0 Å². The highest BCUT2D eigenvalue weighted by atomic mass is 127. The SMILES string of the molecule is C#CCNC(=NCc1ccc(C)cc1OC)NCC.I. The Morgan fingerprint density at radius 1 is 1.40 bits per heavy atom. The van der Waals surface area contributed by atoms with Crippen LogP contribution in [0, 0.1) is 19.3 Å². The van der Waals surface area contributed by atoms with Gasteiger partial charge in [0.25, 0.3) is 0 Å². The van der Waals surface area contributed by atoms with Crippen LogP contribution in [-0.2, 0) is 6.54 Å². The summed E-state index contributed by atoms with van der Waals surface area (Å²) in [7, 11) is 1.67. The van der Waals surface area contributed by atoms with Gasteiger partial charge in [-0.1, -0.05) is 18.1 Å². The van der Waals surface area contributed by atoms with E-state index in [1.165, 1.54) is 5.56 Å². The molecule has 1 aromatic rings. The first-order valence-corrected chi connectivity index (χ1v) is 6.30. The first kappa shape index (κ1) is 18.6. The van der Waals surface area contributed by atoms with Gasteiger partial charge in [-0.3, -0.25) is 0 Å². The molecular weight excluding hydrogens is 365 g/mol. The Kier molecular flexibility index (Phi) is 9.64. The topological polar surface area (TPSA) is 45.7 Å². The van der Waals surface area contributed by atoms with Crippen molar-refractivity contribution < 1.29 is 4.74 Å². The molecular formula is C15H22IN3O. The highest BCUT2D eigenvalue weighted by Gasteiger charge is 2.03. The molecule has 0 aliphatic rings. The molecule has 5 heteroatoms. The second kappa shape index (κ2) is 10.4. The van der Waals surface area contributed by atoms with Crippen molar-refractivity contribution in [2.45, 2.75) is 20.4 Å². The average Bonchev–Trinajstić information content (AvgIpc) is 2.42. The van der Waals surface area contributed by atoms with Crippen LogP contribution in [0.3, 0.4) is 0 Å². The molecule has 0 spiro atoms. The lowest BCUT2D eigenvalue weighted by molar-refractivity contribution is 0.409. The Bertz CT molecular complexity index is 480. The monoisotopic (exact) mass is 387 g/mol. The lowest BCUT2D eigenvalue weighted by Crippen LogP contribution is -2.37. The van der Waals surface area contributed by atoms with Gasteiger partial charge in [-0.05, 0) is 25.5 Å². The van der Waals surface area contributed by atoms with Crippen LogP contribution in [0.5, 0.6) is 5.75 Å². The molecule has 0 saturated carbocycles. The van der Waals surface area contributed by atoms with Gasteiger partial charge < -0.3 is 15.4 Å². The third-order valence-electron chi connectivity index (χ3n) is 2.55. The van der Waals surface area contributed by atoms with Crippen molar-refractivity contribution in [3.63, 3.8) is 0 Å². The zero-order valence-corrected chi connectivity index (χ0v) is 14.5. The van der Waals surface area contributed by atoms with E-state index in [-0.39, 0.29) is 24.0 Å². The minimum Gasteiger partial charge on any atom is -0.496 e. The third-order valence-corrected chi connectivity index (χ3v) is 2.55. The summed E-state index contributed by atoms with van der Waals surface area (Å²) in [5.41, 5.74) is 2.22. The summed E-state index contributed by atoms with van der Waals surface area (Å²) < 4.78 is 5.36. The minimum absolute atomic E-state index is 0. The largest absolute Gasteiger partial charge is 0.496 e. The first-order chi connectivity index (χ1) is 9.21. The second-order valence-corrected chi connectivity index (χ2v) is 4.07. The maximum Gasteiger partial charge on any atom is 0.192 e. The van der Waals surface area contributed by atoms with Gasteiger partial charge in [0.2, 0.25) is 0 Å². The summed E-state index contributed by atoms with van der Waals surface area (Å²) in [6.45, 7) is 5.84. The quantitative estimate of drug-likeness (QED) is 0.353. The van der Waals surface area contributed by atoms with Crippen LogP contribution in [-0.4, -0.2) is 26.2 Å². The smallest absolute Gasteiger partial charge is 0.192 e. The molecule has 0 heterocycles. The maximum atomic E-state index is 5.36. The molecule has 0 aliphatic carbocycles. The minimum atomic E-state index is 0. The number of benzene rings is 1. The molecule has 110 valence electrons. The van der Waals surface area contributed by atoms with Gasteiger partial charge in [-0.2, -0.15) is 0 Å². The number of aliphatic imine (C=N–C) groups is 1. The number of methoxy groups -OCH3 is 1. The van der Waals surface area contributed by atoms with Gasteiger partial charge in [0.15, 0.2) is 5.96 Å². The van der Waals surface area contributed by atoms with Gasteiger partial charge in [-0.15, -0.1) is 30.4 Å². The number of ether oxygens (including phenoxy) is 1. The van der Waals surface area contributed by atoms with Crippen molar-refractivity contribution in [3.8, 4) is 18.1 Å². The number of aryl methyl sites for hydroxylation is 1. The number of halogens is 1. The number of rotatable bonds is 5. The standard InChI is InChI=1S/C15H21N3O.HI/c1-5-9-17-15(16-6-2)18-11-13-8-7-12(3)10-14(13)19-4;/h1,7-8,10H,6,9,11H2,2-4H3,(H2,16,17,18);1H. The number of nitrogens with one attached hydrogen (secondary N) is 2. The fraction of sp³-hybridized carbons (Fsp3) is 0.400. The van der Waals surface area contributed by atoms with E-state index in [0.29, 0.717) is 19.0 Å². The van der Waals surface area contributed by atoms with Crippen molar-refractivity contribution in [1.29, 1.82) is 0 Å². The van der Waals surface area contributed by atoms with E-state index >= 15 is 0 Å². The normalized spacial score (nSPS) is 10.2. The summed E-state index contributed by atoms with van der Waals surface area (Å²) in [5.74, 6) is 4.10. The molecule has 0 amide bonds. The molecule has 0 fully saturated rings. The van der Waals surface area contributed by atoms with Crippen LogP contribution in [0.1, 0.15) is 18.1 Å². The van der Waals surface area contributed by atoms with Crippen LogP contribution in [0.25, 0.3) is 0 Å². The van der Waals surface area contributed by atoms with Gasteiger partial charge >= 0.3 is 0 Å². The van der Waals surface area contributed by atoms with Crippen molar-refractivity contribution >= 4 is 29.9 Å². The van der Waals surface area contributed by atoms with Crippen LogP contribution in [0.2, 0.25) is 0 Å². The van der Waals surface area contributed by atoms with Crippen molar-refractivity contribution in [1.82, 2.24) is 10.6 Å². The Hall–Kier alpha value is -1.42. The van der Waals surface area contributed by atoms with E-state index < -0.39 is 0 Å². The zero-order chi connectivity index (χ0) is 14.1. The lowest BCUT2D eigenvalue weighted by atomic mass is 10.1. The third kappa shape index (κ3) is 6.15. The molecule has 0 aliphatic heterocycles. The average molecular weight is 387 g/mol. The molecule has 0 aromatic heterocycles. The molecule has 2 N–H and O–H groups in total. The fourth-order valence-electron chi connectivity index (χ4n) is 1.62. The van der Waals surface area contributed by atoms with Gasteiger partial charge in [0.1, 0.15) is 5.75 Å². The van der Waals surface area contributed by atoms with E-state index in [9.17, 15) is 0 Å². The molecule has 0 radical (unpaired) electrons. The van der Waals surface area contributed by atoms with Crippen molar-refractivity contribution in [2.24, 2.45) is 4.99 Å². The zero-order valence-electron chi connectivity index (χ0n) is 12.2. The predicted octanol–water partition coefficient (Wildman–Crippen LogP) is 2.31. The Labute approximate surface area is 138 Å². The highest BCUT2D eigenvalue weighted by Crippen LogP contribution is 2.20. The van der Waals surface area contributed by atoms with E-state index in [2.05, 4.69) is 27.6 Å². The van der Waals surface area contributed by atoms with E-state index in [0.717, 1.165) is 17.9 Å². The first-order valence-electron chi connectivity index (χ1n) is 6.30. The fourth-order valence-corrected chi connectivity index (χ4v) is 1.62. The van der Waals surface area contributed by atoms with Crippen molar-refractivity contribution in [2.75, 3.05) is 20.2 Å². The Balaban J connectivity index is 0.00000361. The molecule has 20 heavy (non-hydrogen) atoms. The number of hydrogen-bond donors (Lipinski definition) is 2. The van der Waals surface area contributed by atoms with Crippen LogP contribution in [0.15, 0.2) is 23.2 Å². The summed E-state index contributed by atoms with van der Waals surface area (Å²) in [5, 5.41) is 6.19. The Morgan fingerprint density at radius 2 is 2.15 bits per heavy atom. The maximum absolute atomic E-state index is 5.36. The van der Waals surface area contributed by atoms with Gasteiger partial charge in [-0.25, -0.2) is 4.99 Å². The molecule has 0 bridgehead atoms. The predicted molar refractivity (Wildman–Crippen MR) is 94.8 cm³/mol. The summed E-state index contributed by atoms with van der Waals surface area (Å²) in [4.78, 5) is 4.48. The lowest BCUT2D eigenvalue weighted by Gasteiger charge is -2.11. The second-order valence-electron chi connectivity index (χ2n) is 4.07. The summed E-state index contributed by atoms with van der Waals surface area (Å²) in [6, 6.07) is 6.09. The molecule has 1 aromatic carbocycles. The number of nitrogens with zero attached hydrogens (tertiary/aromatic N) is 1. The van der Waals surface area contributed by atoms with E-state index in [4.69, 9.17) is 11.2 Å². The highest BCUT2D eigenvalue weighted by molar-refractivity contribution is 14.0. The molecule has 0 unspecified atom stereocenters. The van der Waals surface area contributed by atoms with Gasteiger partial charge in [0, 0.05) is 12.1 Å². The van der Waals surface area contributed by atoms with Crippen LogP contribution < -0.4 is 15.4 Å². The van der Waals surface area contributed by atoms with Gasteiger partial charge in [0.05, 0.1) is 20.2 Å². The molecule has 0 saturated heterocycles. The molecule has 0 atom stereocenters. The van der Waals surface area contributed by atoms with E-state index in [1.54, 1.807) is 7.11 Å². The summed E-state index contributed by atoms with van der Waals surface area (Å²) >= 11 is 0. The number of hydrogen-bond acceptors (Lipinski definition) is 2. The van der Waals surface area contributed by atoms with Crippen LogP contribution in [0.4, 0.5) is 0 Å². The van der Waals surface area contributed by atoms with Crippen molar-refractivity contribution in [3.05, 3.63) is 29.3 Å². The Morgan fingerprint density at radius 3 is 2.75 bits per heavy atom. The van der Waals surface area contributed by atoms with E-state index in [1.807, 2.05) is 26.0 Å². The summed E-state index contributed by atoms with van der Waals surface area (Å²) in [6.07, 6.45) is 5.23. The molecule has 1 rings (SSSR count). The number of guanidine groups is 1.